The maximum Gasteiger partial charge on any atom is 0.304 e. The van der Waals surface area contributed by atoms with E-state index in [0.29, 0.717) is 12.5 Å². The first-order valence-corrected chi connectivity index (χ1v) is 7.79. The van der Waals surface area contributed by atoms with Crippen molar-refractivity contribution in [3.05, 3.63) is 0 Å². The van der Waals surface area contributed by atoms with Gasteiger partial charge >= 0.3 is 5.97 Å². The number of aliphatic hydroxyl groups is 1. The molecule has 2 unspecified atom stereocenters. The third kappa shape index (κ3) is 4.77. The van der Waals surface area contributed by atoms with Crippen LogP contribution in [0, 0.1) is 5.92 Å². The lowest BCUT2D eigenvalue weighted by Gasteiger charge is -2.36. The van der Waals surface area contributed by atoms with Crippen LogP contribution < -0.4 is 0 Å². The predicted molar refractivity (Wildman–Crippen MR) is 74.0 cm³/mol. The van der Waals surface area contributed by atoms with Gasteiger partial charge in [0, 0.05) is 12.6 Å². The van der Waals surface area contributed by atoms with Crippen LogP contribution in [0.4, 0.5) is 0 Å². The first kappa shape index (κ1) is 14.8. The molecule has 2 aliphatic rings. The van der Waals surface area contributed by atoms with E-state index < -0.39 is 5.97 Å². The number of aliphatic carboxylic acids is 1. The molecule has 1 aliphatic heterocycles. The number of carboxylic acids is 1. The molecule has 2 N–H and O–H groups in total. The van der Waals surface area contributed by atoms with Crippen molar-refractivity contribution < 1.29 is 15.0 Å². The second-order valence-electron chi connectivity index (χ2n) is 6.28. The lowest BCUT2D eigenvalue weighted by atomic mass is 9.96. The molecule has 4 heteroatoms. The molecule has 0 radical (unpaired) electrons. The number of piperidine rings is 1. The summed E-state index contributed by atoms with van der Waals surface area (Å²) in [5.41, 5.74) is 0. The van der Waals surface area contributed by atoms with E-state index in [1.54, 1.807) is 0 Å². The zero-order chi connectivity index (χ0) is 13.7. The molecule has 0 aromatic rings. The lowest BCUT2D eigenvalue weighted by molar-refractivity contribution is -0.139. The fourth-order valence-electron chi connectivity index (χ4n) is 3.71. The Balaban J connectivity index is 1.78. The summed E-state index contributed by atoms with van der Waals surface area (Å²) in [5, 5.41) is 19.2. The third-order valence-corrected chi connectivity index (χ3v) is 4.68. The van der Waals surface area contributed by atoms with Gasteiger partial charge in [-0.15, -0.1) is 0 Å². The number of rotatable bonds is 6. The zero-order valence-electron chi connectivity index (χ0n) is 11.8. The molecule has 2 atom stereocenters. The molecule has 19 heavy (non-hydrogen) atoms. The van der Waals surface area contributed by atoms with E-state index in [9.17, 15) is 9.90 Å². The highest BCUT2D eigenvalue weighted by Gasteiger charge is 2.27. The molecular formula is C15H27NO3. The van der Waals surface area contributed by atoms with E-state index >= 15 is 0 Å². The lowest BCUT2D eigenvalue weighted by Crippen LogP contribution is -2.45. The van der Waals surface area contributed by atoms with Gasteiger partial charge in [0.2, 0.25) is 0 Å². The van der Waals surface area contributed by atoms with Crippen LogP contribution in [0.3, 0.4) is 0 Å². The van der Waals surface area contributed by atoms with E-state index in [0.717, 1.165) is 32.2 Å². The van der Waals surface area contributed by atoms with Crippen molar-refractivity contribution in [1.29, 1.82) is 0 Å². The standard InChI is InChI=1S/C15H27NO3/c17-14(9-12-5-1-2-6-12)11-16-8-4-3-7-13(16)10-15(18)19/h12-14,17H,1-11H2,(H,18,19). The van der Waals surface area contributed by atoms with Gasteiger partial charge in [0.25, 0.3) is 0 Å². The maximum atomic E-state index is 10.9. The minimum absolute atomic E-state index is 0.129. The number of carbonyl (C=O) groups is 1. The van der Waals surface area contributed by atoms with Crippen molar-refractivity contribution in [2.75, 3.05) is 13.1 Å². The predicted octanol–water partition coefficient (Wildman–Crippen LogP) is 2.26. The van der Waals surface area contributed by atoms with Crippen LogP contribution in [-0.2, 0) is 4.79 Å². The van der Waals surface area contributed by atoms with E-state index in [1.807, 2.05) is 0 Å². The quantitative estimate of drug-likeness (QED) is 0.776. The van der Waals surface area contributed by atoms with E-state index in [1.165, 1.54) is 25.7 Å². The summed E-state index contributed by atoms with van der Waals surface area (Å²) in [5.74, 6) is -0.0279. The molecule has 2 rings (SSSR count). The van der Waals surface area contributed by atoms with Gasteiger partial charge in [-0.2, -0.15) is 0 Å². The van der Waals surface area contributed by atoms with Crippen molar-refractivity contribution in [2.24, 2.45) is 5.92 Å². The van der Waals surface area contributed by atoms with Crippen molar-refractivity contribution in [3.8, 4) is 0 Å². The average molecular weight is 269 g/mol. The Bertz CT molecular complexity index is 289. The van der Waals surface area contributed by atoms with Crippen molar-refractivity contribution in [2.45, 2.75) is 69.9 Å². The summed E-state index contributed by atoms with van der Waals surface area (Å²) >= 11 is 0. The van der Waals surface area contributed by atoms with E-state index in [-0.39, 0.29) is 18.6 Å². The molecule has 1 saturated carbocycles. The SMILES string of the molecule is O=C(O)CC1CCCCN1CC(O)CC1CCCC1. The van der Waals surface area contributed by atoms with Gasteiger partial charge in [0.1, 0.15) is 0 Å². The third-order valence-electron chi connectivity index (χ3n) is 4.68. The minimum atomic E-state index is -0.720. The number of hydrogen-bond donors (Lipinski definition) is 2. The fraction of sp³-hybridized carbons (Fsp3) is 0.933. The number of nitrogens with zero attached hydrogens (tertiary/aromatic N) is 1. The number of carboxylic acid groups (broad SMARTS) is 1. The molecule has 0 aromatic heterocycles. The Kier molecular flexibility index (Phi) is 5.64. The van der Waals surface area contributed by atoms with Crippen LogP contribution in [-0.4, -0.2) is 46.3 Å². The molecule has 1 saturated heterocycles. The summed E-state index contributed by atoms with van der Waals surface area (Å²) in [4.78, 5) is 13.1. The monoisotopic (exact) mass is 269 g/mol. The summed E-state index contributed by atoms with van der Waals surface area (Å²) in [6.07, 6.45) is 9.18. The summed E-state index contributed by atoms with van der Waals surface area (Å²) in [7, 11) is 0. The second kappa shape index (κ2) is 7.25. The van der Waals surface area contributed by atoms with Gasteiger partial charge in [-0.25, -0.2) is 0 Å². The molecule has 1 heterocycles. The van der Waals surface area contributed by atoms with Crippen molar-refractivity contribution >= 4 is 5.97 Å². The van der Waals surface area contributed by atoms with Crippen LogP contribution >= 0.6 is 0 Å². The molecule has 0 amide bonds. The number of β-amino-alcohol motifs (C(OH)–C–C–N with tert-alkyl or cyclic N) is 1. The zero-order valence-corrected chi connectivity index (χ0v) is 11.8. The molecule has 0 spiro atoms. The van der Waals surface area contributed by atoms with Gasteiger partial charge in [-0.3, -0.25) is 9.69 Å². The summed E-state index contributed by atoms with van der Waals surface area (Å²) in [6, 6.07) is 0.129. The second-order valence-corrected chi connectivity index (χ2v) is 6.28. The molecule has 1 aliphatic carbocycles. The van der Waals surface area contributed by atoms with Gasteiger partial charge in [0.15, 0.2) is 0 Å². The highest BCUT2D eigenvalue weighted by atomic mass is 16.4. The molecule has 0 bridgehead atoms. The molecule has 0 aromatic carbocycles. The molecule has 110 valence electrons. The summed E-state index contributed by atoms with van der Waals surface area (Å²) in [6.45, 7) is 1.61. The van der Waals surface area contributed by atoms with Crippen molar-refractivity contribution in [3.63, 3.8) is 0 Å². The van der Waals surface area contributed by atoms with E-state index in [2.05, 4.69) is 4.90 Å². The van der Waals surface area contributed by atoms with Gasteiger partial charge in [0.05, 0.1) is 12.5 Å². The molecular weight excluding hydrogens is 242 g/mol. The smallest absolute Gasteiger partial charge is 0.304 e. The Morgan fingerprint density at radius 2 is 1.84 bits per heavy atom. The largest absolute Gasteiger partial charge is 0.481 e. The topological polar surface area (TPSA) is 60.8 Å². The Morgan fingerprint density at radius 1 is 1.16 bits per heavy atom. The fourth-order valence-corrected chi connectivity index (χ4v) is 3.71. The molecule has 2 fully saturated rings. The number of likely N-dealkylation sites (tertiary alicyclic amines) is 1. The normalized spacial score (nSPS) is 27.5. The van der Waals surface area contributed by atoms with E-state index in [4.69, 9.17) is 5.11 Å². The van der Waals surface area contributed by atoms with Gasteiger partial charge in [-0.1, -0.05) is 32.1 Å². The molecule has 4 nitrogen and oxygen atoms in total. The van der Waals surface area contributed by atoms with Crippen molar-refractivity contribution in [1.82, 2.24) is 4.90 Å². The van der Waals surface area contributed by atoms with Crippen LogP contribution in [0.5, 0.6) is 0 Å². The average Bonchev–Trinajstić information content (AvgIpc) is 2.83. The van der Waals surface area contributed by atoms with Crippen LogP contribution in [0.2, 0.25) is 0 Å². The van der Waals surface area contributed by atoms with Crippen LogP contribution in [0.15, 0.2) is 0 Å². The Labute approximate surface area is 115 Å². The highest BCUT2D eigenvalue weighted by molar-refractivity contribution is 5.67. The van der Waals surface area contributed by atoms with Crippen LogP contribution in [0.1, 0.15) is 57.8 Å². The maximum absolute atomic E-state index is 10.9. The van der Waals surface area contributed by atoms with Gasteiger partial charge in [-0.05, 0) is 31.7 Å². The minimum Gasteiger partial charge on any atom is -0.481 e. The van der Waals surface area contributed by atoms with Gasteiger partial charge < -0.3 is 10.2 Å². The Hall–Kier alpha value is -0.610. The first-order valence-electron chi connectivity index (χ1n) is 7.79. The van der Waals surface area contributed by atoms with Crippen LogP contribution in [0.25, 0.3) is 0 Å². The highest BCUT2D eigenvalue weighted by Crippen LogP contribution is 2.29. The number of aliphatic hydroxyl groups excluding tert-OH is 1. The first-order chi connectivity index (χ1) is 9.15. The Morgan fingerprint density at radius 3 is 2.53 bits per heavy atom. The summed E-state index contributed by atoms with van der Waals surface area (Å²) < 4.78 is 0. The number of hydrogen-bond acceptors (Lipinski definition) is 3.